The van der Waals surface area contributed by atoms with Gasteiger partial charge in [-0.25, -0.2) is 0 Å². The van der Waals surface area contributed by atoms with E-state index in [1.165, 1.54) is 0 Å². The minimum Gasteiger partial charge on any atom is -0.346 e. The van der Waals surface area contributed by atoms with E-state index in [0.717, 1.165) is 33.4 Å². The van der Waals surface area contributed by atoms with Crippen molar-refractivity contribution < 1.29 is 0 Å². The van der Waals surface area contributed by atoms with E-state index in [4.69, 9.17) is 0 Å². The van der Waals surface area contributed by atoms with Crippen molar-refractivity contribution in [2.75, 3.05) is 10.6 Å². The Balaban J connectivity index is 1.54. The maximum atomic E-state index is 4.58. The van der Waals surface area contributed by atoms with Crippen molar-refractivity contribution in [1.29, 1.82) is 0 Å². The van der Waals surface area contributed by atoms with Crippen molar-refractivity contribution in [3.05, 3.63) is 48.9 Å². The summed E-state index contributed by atoms with van der Waals surface area (Å²) in [5.74, 6) is 1.92. The van der Waals surface area contributed by atoms with Gasteiger partial charge in [-0.05, 0) is 24.3 Å². The predicted molar refractivity (Wildman–Crippen MR) is 95.1 cm³/mol. The first kappa shape index (κ1) is 13.5. The van der Waals surface area contributed by atoms with Gasteiger partial charge >= 0.3 is 0 Å². The van der Waals surface area contributed by atoms with Crippen LogP contribution >= 0.6 is 0 Å². The first-order valence-electron chi connectivity index (χ1n) is 7.67. The van der Waals surface area contributed by atoms with Gasteiger partial charge in [0.25, 0.3) is 0 Å². The molecule has 0 aliphatic heterocycles. The molecule has 4 heterocycles. The summed E-state index contributed by atoms with van der Waals surface area (Å²) in [5, 5.41) is 22.2. The molecule has 9 heteroatoms. The largest absolute Gasteiger partial charge is 0.346 e. The number of nitrogens with one attached hydrogen (secondary N) is 5. The first-order valence-corrected chi connectivity index (χ1v) is 7.67. The van der Waals surface area contributed by atoms with E-state index in [9.17, 15) is 0 Å². The summed E-state index contributed by atoms with van der Waals surface area (Å²) in [5.41, 5.74) is 2.55. The van der Waals surface area contributed by atoms with Crippen LogP contribution in [-0.4, -0.2) is 35.3 Å². The van der Waals surface area contributed by atoms with Gasteiger partial charge in [-0.3, -0.25) is 10.2 Å². The van der Waals surface area contributed by atoms with Crippen LogP contribution in [0.25, 0.3) is 21.9 Å². The van der Waals surface area contributed by atoms with E-state index >= 15 is 0 Å². The minimum absolute atomic E-state index is 0.482. The first-order chi connectivity index (χ1) is 12.3. The fraction of sp³-hybridized carbons (Fsp3) is 0. The smallest absolute Gasteiger partial charge is 0.231 e. The van der Waals surface area contributed by atoms with Crippen LogP contribution in [0.15, 0.2) is 48.9 Å². The Labute approximate surface area is 140 Å². The molecule has 0 aliphatic carbocycles. The SMILES string of the molecule is c1cc(Nc2nc(Nc3ccc4cn[nH]c4c3)nc3[nH]ccc23)[nH]n1. The molecule has 0 radical (unpaired) electrons. The topological polar surface area (TPSA) is 123 Å². The van der Waals surface area contributed by atoms with Crippen molar-refractivity contribution in [2.45, 2.75) is 0 Å². The van der Waals surface area contributed by atoms with Crippen molar-refractivity contribution in [1.82, 2.24) is 35.3 Å². The Morgan fingerprint density at radius 1 is 0.920 bits per heavy atom. The molecule has 25 heavy (non-hydrogen) atoms. The van der Waals surface area contributed by atoms with Crippen LogP contribution in [0.4, 0.5) is 23.3 Å². The van der Waals surface area contributed by atoms with Crippen LogP contribution in [0.2, 0.25) is 0 Å². The summed E-state index contributed by atoms with van der Waals surface area (Å²) in [6, 6.07) is 9.67. The van der Waals surface area contributed by atoms with E-state index in [-0.39, 0.29) is 0 Å². The van der Waals surface area contributed by atoms with E-state index in [0.29, 0.717) is 11.8 Å². The second-order valence-corrected chi connectivity index (χ2v) is 5.53. The molecule has 5 rings (SSSR count). The van der Waals surface area contributed by atoms with Crippen LogP contribution in [-0.2, 0) is 0 Å². The molecule has 0 unspecified atom stereocenters. The highest BCUT2D eigenvalue weighted by Crippen LogP contribution is 2.26. The number of aromatic nitrogens is 7. The molecule has 0 spiro atoms. The number of benzene rings is 1. The number of H-pyrrole nitrogens is 3. The number of hydrogen-bond donors (Lipinski definition) is 5. The van der Waals surface area contributed by atoms with E-state index in [2.05, 4.69) is 46.0 Å². The Morgan fingerprint density at radius 3 is 2.84 bits per heavy atom. The van der Waals surface area contributed by atoms with Gasteiger partial charge in [-0.2, -0.15) is 20.2 Å². The third-order valence-electron chi connectivity index (χ3n) is 3.87. The lowest BCUT2D eigenvalue weighted by atomic mass is 10.2. The molecular formula is C16H13N9. The molecule has 0 amide bonds. The average molecular weight is 331 g/mol. The highest BCUT2D eigenvalue weighted by atomic mass is 15.2. The van der Waals surface area contributed by atoms with Crippen molar-refractivity contribution in [3.8, 4) is 0 Å². The van der Waals surface area contributed by atoms with Gasteiger partial charge in [-0.1, -0.05) is 0 Å². The predicted octanol–water partition coefficient (Wildman–Crippen LogP) is 3.04. The number of aromatic amines is 3. The molecule has 9 nitrogen and oxygen atoms in total. The summed E-state index contributed by atoms with van der Waals surface area (Å²) < 4.78 is 0. The monoisotopic (exact) mass is 331 g/mol. The molecule has 0 saturated heterocycles. The van der Waals surface area contributed by atoms with Gasteiger partial charge in [0.15, 0.2) is 0 Å². The zero-order valence-corrected chi connectivity index (χ0v) is 12.9. The van der Waals surface area contributed by atoms with Crippen LogP contribution in [0, 0.1) is 0 Å². The number of fused-ring (bicyclic) bond motifs is 2. The Morgan fingerprint density at radius 2 is 1.92 bits per heavy atom. The molecular weight excluding hydrogens is 318 g/mol. The number of hydrogen-bond acceptors (Lipinski definition) is 6. The molecule has 0 saturated carbocycles. The number of anilines is 4. The summed E-state index contributed by atoms with van der Waals surface area (Å²) >= 11 is 0. The van der Waals surface area contributed by atoms with E-state index < -0.39 is 0 Å². The highest BCUT2D eigenvalue weighted by Gasteiger charge is 2.10. The summed E-state index contributed by atoms with van der Waals surface area (Å²) in [7, 11) is 0. The zero-order chi connectivity index (χ0) is 16.6. The van der Waals surface area contributed by atoms with Gasteiger partial charge in [0.2, 0.25) is 5.95 Å². The Bertz CT molecular complexity index is 1150. The molecule has 4 aromatic heterocycles. The van der Waals surface area contributed by atoms with Crippen molar-refractivity contribution in [3.63, 3.8) is 0 Å². The molecule has 5 aromatic rings. The summed E-state index contributed by atoms with van der Waals surface area (Å²) in [4.78, 5) is 12.2. The lowest BCUT2D eigenvalue weighted by Crippen LogP contribution is -2.02. The van der Waals surface area contributed by atoms with Crippen molar-refractivity contribution in [2.24, 2.45) is 0 Å². The third kappa shape index (κ3) is 2.43. The molecule has 0 fully saturated rings. The number of rotatable bonds is 4. The van der Waals surface area contributed by atoms with Gasteiger partial charge in [0.05, 0.1) is 23.3 Å². The number of nitrogens with zero attached hydrogens (tertiary/aromatic N) is 4. The standard InChI is InChI=1S/C16H13N9/c1-2-10(7-12-9(1)8-19-24-12)20-16-22-14-11(3-5-17-14)15(23-16)21-13-4-6-18-25-13/h1-8H,(H,19,24)(H4,17,18,20,21,22,23,25). The van der Waals surface area contributed by atoms with Gasteiger partial charge in [0.1, 0.15) is 17.3 Å². The van der Waals surface area contributed by atoms with Crippen molar-refractivity contribution >= 4 is 45.2 Å². The van der Waals surface area contributed by atoms with Crippen LogP contribution in [0.1, 0.15) is 0 Å². The molecule has 0 atom stereocenters. The second-order valence-electron chi connectivity index (χ2n) is 5.53. The van der Waals surface area contributed by atoms with E-state index in [1.54, 1.807) is 12.4 Å². The molecule has 1 aromatic carbocycles. The second kappa shape index (κ2) is 5.34. The quantitative estimate of drug-likeness (QED) is 0.345. The molecule has 5 N–H and O–H groups in total. The van der Waals surface area contributed by atoms with E-state index in [1.807, 2.05) is 36.5 Å². The lowest BCUT2D eigenvalue weighted by Gasteiger charge is -2.09. The summed E-state index contributed by atoms with van der Waals surface area (Å²) in [6.45, 7) is 0. The van der Waals surface area contributed by atoms with Crippen LogP contribution in [0.5, 0.6) is 0 Å². The zero-order valence-electron chi connectivity index (χ0n) is 12.9. The van der Waals surface area contributed by atoms with Gasteiger partial charge in [0, 0.05) is 23.3 Å². The Hall–Kier alpha value is -3.88. The van der Waals surface area contributed by atoms with Gasteiger partial charge in [-0.15, -0.1) is 0 Å². The minimum atomic E-state index is 0.482. The fourth-order valence-electron chi connectivity index (χ4n) is 2.69. The molecule has 0 aliphatic rings. The van der Waals surface area contributed by atoms with Gasteiger partial charge < -0.3 is 15.6 Å². The fourth-order valence-corrected chi connectivity index (χ4v) is 2.69. The highest BCUT2D eigenvalue weighted by molar-refractivity contribution is 5.90. The lowest BCUT2D eigenvalue weighted by molar-refractivity contribution is 1.09. The summed E-state index contributed by atoms with van der Waals surface area (Å²) in [6.07, 6.45) is 5.29. The van der Waals surface area contributed by atoms with Crippen LogP contribution < -0.4 is 10.6 Å². The maximum Gasteiger partial charge on any atom is 0.231 e. The molecule has 122 valence electrons. The molecule has 0 bridgehead atoms. The Kier molecular flexibility index (Phi) is 2.89. The average Bonchev–Trinajstić information content (AvgIpc) is 3.35. The van der Waals surface area contributed by atoms with Crippen LogP contribution in [0.3, 0.4) is 0 Å². The third-order valence-corrected chi connectivity index (χ3v) is 3.87. The normalized spacial score (nSPS) is 11.2. The maximum absolute atomic E-state index is 4.58.